The molecule has 4 heteroatoms. The van der Waals surface area contributed by atoms with Crippen molar-refractivity contribution in [3.8, 4) is 0 Å². The van der Waals surface area contributed by atoms with Gasteiger partial charge in [0.25, 0.3) is 0 Å². The van der Waals surface area contributed by atoms with Crippen molar-refractivity contribution >= 4 is 17.7 Å². The van der Waals surface area contributed by atoms with E-state index in [4.69, 9.17) is 5.73 Å². The van der Waals surface area contributed by atoms with Gasteiger partial charge in [-0.25, -0.2) is 0 Å². The Morgan fingerprint density at radius 3 is 2.95 bits per heavy atom. The van der Waals surface area contributed by atoms with Gasteiger partial charge in [0.05, 0.1) is 6.04 Å². The van der Waals surface area contributed by atoms with E-state index in [1.807, 2.05) is 37.7 Å². The molecule has 2 rings (SSSR count). The Morgan fingerprint density at radius 1 is 1.47 bits per heavy atom. The Labute approximate surface area is 119 Å². The summed E-state index contributed by atoms with van der Waals surface area (Å²) in [4.78, 5) is 13.3. The van der Waals surface area contributed by atoms with Crippen LogP contribution in [0, 0.1) is 5.92 Å². The molecule has 1 aromatic rings. The van der Waals surface area contributed by atoms with Gasteiger partial charge >= 0.3 is 0 Å². The smallest absolute Gasteiger partial charge is 0.222 e. The molecule has 2 atom stereocenters. The highest BCUT2D eigenvalue weighted by Crippen LogP contribution is 2.35. The molecule has 0 bridgehead atoms. The molecule has 3 nitrogen and oxygen atoms in total. The molecule has 0 fully saturated rings. The lowest BCUT2D eigenvalue weighted by atomic mass is 10.00. The van der Waals surface area contributed by atoms with Gasteiger partial charge in [-0.15, -0.1) is 11.8 Å². The van der Waals surface area contributed by atoms with Gasteiger partial charge in [-0.1, -0.05) is 32.0 Å². The maximum atomic E-state index is 12.0. The van der Waals surface area contributed by atoms with Gasteiger partial charge in [-0.05, 0) is 24.0 Å². The minimum atomic E-state index is -0.0618. The first-order valence-corrected chi connectivity index (χ1v) is 7.83. The van der Waals surface area contributed by atoms with Gasteiger partial charge in [-0.3, -0.25) is 4.79 Å². The second-order valence-electron chi connectivity index (χ2n) is 5.41. The first-order chi connectivity index (χ1) is 9.08. The molecule has 0 radical (unpaired) electrons. The van der Waals surface area contributed by atoms with Crippen LogP contribution in [-0.4, -0.2) is 17.7 Å². The average molecular weight is 278 g/mol. The lowest BCUT2D eigenvalue weighted by Gasteiger charge is -2.26. The predicted octanol–water partition coefficient (Wildman–Crippen LogP) is 2.71. The monoisotopic (exact) mass is 278 g/mol. The van der Waals surface area contributed by atoms with Gasteiger partial charge in [0, 0.05) is 23.1 Å². The SMILES string of the molecule is CC(C)C(N)CC(=O)NC1CCSc2ccccc21. The number of rotatable bonds is 4. The molecule has 3 N–H and O–H groups in total. The van der Waals surface area contributed by atoms with Crippen molar-refractivity contribution in [3.63, 3.8) is 0 Å². The molecule has 1 aliphatic rings. The minimum Gasteiger partial charge on any atom is -0.349 e. The normalized spacial score (nSPS) is 19.9. The van der Waals surface area contributed by atoms with Crippen LogP contribution in [0.15, 0.2) is 29.2 Å². The molecule has 19 heavy (non-hydrogen) atoms. The van der Waals surface area contributed by atoms with Crippen LogP contribution in [0.4, 0.5) is 0 Å². The van der Waals surface area contributed by atoms with Crippen LogP contribution in [0.5, 0.6) is 0 Å². The Hall–Kier alpha value is -1.00. The largest absolute Gasteiger partial charge is 0.349 e. The van der Waals surface area contributed by atoms with E-state index in [9.17, 15) is 4.79 Å². The van der Waals surface area contributed by atoms with Gasteiger partial charge < -0.3 is 11.1 Å². The number of hydrogen-bond acceptors (Lipinski definition) is 3. The van der Waals surface area contributed by atoms with Crippen LogP contribution < -0.4 is 11.1 Å². The molecule has 104 valence electrons. The molecule has 1 aromatic carbocycles. The highest BCUT2D eigenvalue weighted by molar-refractivity contribution is 7.99. The summed E-state index contributed by atoms with van der Waals surface area (Å²) in [6, 6.07) is 8.39. The van der Waals surface area contributed by atoms with Crippen molar-refractivity contribution < 1.29 is 4.79 Å². The summed E-state index contributed by atoms with van der Waals surface area (Å²) in [6.07, 6.45) is 1.40. The Balaban J connectivity index is 1.99. The number of nitrogens with two attached hydrogens (primary N) is 1. The molecule has 2 unspecified atom stereocenters. The van der Waals surface area contributed by atoms with Crippen molar-refractivity contribution in [3.05, 3.63) is 29.8 Å². The first-order valence-electron chi connectivity index (χ1n) is 6.84. The van der Waals surface area contributed by atoms with E-state index in [0.717, 1.165) is 12.2 Å². The van der Waals surface area contributed by atoms with E-state index in [1.54, 1.807) is 0 Å². The fraction of sp³-hybridized carbons (Fsp3) is 0.533. The molecule has 0 spiro atoms. The summed E-state index contributed by atoms with van der Waals surface area (Å²) in [5.74, 6) is 1.45. The van der Waals surface area contributed by atoms with E-state index < -0.39 is 0 Å². The second-order valence-corrected chi connectivity index (χ2v) is 6.54. The van der Waals surface area contributed by atoms with E-state index >= 15 is 0 Å². The van der Waals surface area contributed by atoms with Gasteiger partial charge in [-0.2, -0.15) is 0 Å². The maximum absolute atomic E-state index is 12.0. The summed E-state index contributed by atoms with van der Waals surface area (Å²) in [5, 5.41) is 3.13. The number of fused-ring (bicyclic) bond motifs is 1. The molecular formula is C15H22N2OS. The Bertz CT molecular complexity index is 448. The standard InChI is InChI=1S/C15H22N2OS/c1-10(2)12(16)9-15(18)17-13-7-8-19-14-6-4-3-5-11(13)14/h3-6,10,12-13H,7-9,16H2,1-2H3,(H,17,18). The third-order valence-corrected chi connectivity index (χ3v) is 4.69. The van der Waals surface area contributed by atoms with Crippen LogP contribution in [-0.2, 0) is 4.79 Å². The van der Waals surface area contributed by atoms with Gasteiger partial charge in [0.15, 0.2) is 0 Å². The average Bonchev–Trinajstić information content (AvgIpc) is 2.39. The fourth-order valence-electron chi connectivity index (χ4n) is 2.20. The fourth-order valence-corrected chi connectivity index (χ4v) is 3.32. The minimum absolute atomic E-state index is 0.0618. The van der Waals surface area contributed by atoms with E-state index in [-0.39, 0.29) is 18.0 Å². The lowest BCUT2D eigenvalue weighted by Crippen LogP contribution is -2.37. The van der Waals surface area contributed by atoms with Crippen LogP contribution >= 0.6 is 11.8 Å². The molecule has 0 aliphatic carbocycles. The highest BCUT2D eigenvalue weighted by atomic mass is 32.2. The Kier molecular flexibility index (Phi) is 4.88. The zero-order valence-electron chi connectivity index (χ0n) is 11.6. The molecule has 0 saturated heterocycles. The number of carbonyl (C=O) groups excluding carboxylic acids is 1. The number of amides is 1. The zero-order valence-corrected chi connectivity index (χ0v) is 12.4. The quantitative estimate of drug-likeness (QED) is 0.890. The van der Waals surface area contributed by atoms with Crippen molar-refractivity contribution in [1.82, 2.24) is 5.32 Å². The highest BCUT2D eigenvalue weighted by Gasteiger charge is 2.22. The van der Waals surface area contributed by atoms with Gasteiger partial charge in [0.1, 0.15) is 0 Å². The van der Waals surface area contributed by atoms with Crippen molar-refractivity contribution in [1.29, 1.82) is 0 Å². The molecule has 1 amide bonds. The number of hydrogen-bond donors (Lipinski definition) is 2. The van der Waals surface area contributed by atoms with E-state index in [0.29, 0.717) is 12.3 Å². The summed E-state index contributed by atoms with van der Waals surface area (Å²) >= 11 is 1.86. The van der Waals surface area contributed by atoms with Crippen LogP contribution in [0.2, 0.25) is 0 Å². The van der Waals surface area contributed by atoms with Crippen LogP contribution in [0.25, 0.3) is 0 Å². The number of benzene rings is 1. The van der Waals surface area contributed by atoms with Crippen molar-refractivity contribution in [2.45, 2.75) is 43.7 Å². The predicted molar refractivity (Wildman–Crippen MR) is 80.1 cm³/mol. The molecular weight excluding hydrogens is 256 g/mol. The third-order valence-electron chi connectivity index (χ3n) is 3.57. The van der Waals surface area contributed by atoms with Crippen LogP contribution in [0.1, 0.15) is 38.3 Å². The summed E-state index contributed by atoms with van der Waals surface area (Å²) < 4.78 is 0. The summed E-state index contributed by atoms with van der Waals surface area (Å²) in [7, 11) is 0. The number of carbonyl (C=O) groups is 1. The van der Waals surface area contributed by atoms with E-state index in [2.05, 4.69) is 17.4 Å². The summed E-state index contributed by atoms with van der Waals surface area (Å²) in [5.41, 5.74) is 7.19. The molecule has 1 aliphatic heterocycles. The van der Waals surface area contributed by atoms with Crippen LogP contribution in [0.3, 0.4) is 0 Å². The van der Waals surface area contributed by atoms with Gasteiger partial charge in [0.2, 0.25) is 5.91 Å². The number of thioether (sulfide) groups is 1. The van der Waals surface area contributed by atoms with E-state index in [1.165, 1.54) is 10.5 Å². The first kappa shape index (κ1) is 14.4. The second kappa shape index (κ2) is 6.44. The zero-order chi connectivity index (χ0) is 13.8. The molecule has 0 saturated carbocycles. The maximum Gasteiger partial charge on any atom is 0.222 e. The Morgan fingerprint density at radius 2 is 2.21 bits per heavy atom. The third kappa shape index (κ3) is 3.74. The summed E-state index contributed by atoms with van der Waals surface area (Å²) in [6.45, 7) is 4.09. The molecule has 0 aromatic heterocycles. The van der Waals surface area contributed by atoms with Crippen molar-refractivity contribution in [2.75, 3.05) is 5.75 Å². The topological polar surface area (TPSA) is 55.1 Å². The van der Waals surface area contributed by atoms with Crippen molar-refractivity contribution in [2.24, 2.45) is 11.7 Å². The lowest BCUT2D eigenvalue weighted by molar-refractivity contribution is -0.122. The number of nitrogens with one attached hydrogen (secondary N) is 1. The molecule has 1 heterocycles.